The molecule has 0 bridgehead atoms. The van der Waals surface area contributed by atoms with Crippen molar-refractivity contribution in [1.29, 1.82) is 0 Å². The molecule has 0 aliphatic rings. The van der Waals surface area contributed by atoms with Crippen LogP contribution in [0.15, 0.2) is 246 Å². The van der Waals surface area contributed by atoms with Crippen molar-refractivity contribution in [3.8, 4) is 55.6 Å². The Bertz CT molecular complexity index is 3450. The van der Waals surface area contributed by atoms with E-state index in [1.807, 2.05) is 65.1 Å². The lowest BCUT2D eigenvalue weighted by Crippen LogP contribution is -2.29. The molecule has 0 unspecified atom stereocenters. The van der Waals surface area contributed by atoms with Crippen LogP contribution in [0.25, 0.3) is 96.0 Å². The quantitative estimate of drug-likeness (QED) is 0.163. The van der Waals surface area contributed by atoms with Crippen LogP contribution in [-0.2, 0) is 0 Å². The molecular formula is C60H41BBr2O2S2. The third-order valence-corrected chi connectivity index (χ3v) is 15.1. The topological polar surface area (TPSA) is 40.5 Å². The molecule has 0 aliphatic carbocycles. The molecule has 2 N–H and O–H groups in total. The van der Waals surface area contributed by atoms with Gasteiger partial charge in [0, 0.05) is 49.3 Å². The SMILES string of the molecule is Brc1ccc2sc3ccc(Br)cc3c2c1.OB(O)c1cccc(-c2ccccc2)c1.c1ccc(-c2cccc(-c3ccc4sc5ccc(-c6cccc(-c7ccccc7)c6)cc5c4c3)c2)cc1. The Kier molecular flexibility index (Phi) is 13.4. The van der Waals surface area contributed by atoms with Crippen molar-refractivity contribution in [2.75, 3.05) is 0 Å². The van der Waals surface area contributed by atoms with Gasteiger partial charge in [0.05, 0.1) is 0 Å². The number of thiophene rings is 2. The summed E-state index contributed by atoms with van der Waals surface area (Å²) in [4.78, 5) is 0. The van der Waals surface area contributed by atoms with Crippen molar-refractivity contribution in [2.45, 2.75) is 0 Å². The number of halogens is 2. The van der Waals surface area contributed by atoms with Crippen molar-refractivity contribution >= 4 is 107 Å². The number of hydrogen-bond donors (Lipinski definition) is 2. The molecule has 2 heterocycles. The largest absolute Gasteiger partial charge is 0.488 e. The standard InChI is InChI=1S/C36H24S.C12H11BO2.C12H6Br2S/c1-3-9-25(10-4-1)27-13-7-15-29(21-27)31-17-19-35-33(23-31)34-24-32(18-20-36(34)37-35)30-16-8-14-28(22-30)26-11-5-2-6-12-26;14-13(15)12-8-4-7-11(9-12)10-5-2-1-3-6-10;13-7-1-3-11-9(5-7)10-6-8(14)2-4-12(10)15-11/h1-24H;1-9,14-15H;1-6H. The van der Waals surface area contributed by atoms with E-state index < -0.39 is 7.12 Å². The van der Waals surface area contributed by atoms with E-state index in [0.29, 0.717) is 5.46 Å². The zero-order valence-electron chi connectivity index (χ0n) is 36.1. The average molecular weight is 1030 g/mol. The van der Waals surface area contributed by atoms with Crippen molar-refractivity contribution in [3.63, 3.8) is 0 Å². The summed E-state index contributed by atoms with van der Waals surface area (Å²) >= 11 is 10.7. The van der Waals surface area contributed by atoms with Gasteiger partial charge in [0.2, 0.25) is 0 Å². The van der Waals surface area contributed by atoms with Gasteiger partial charge in [0.25, 0.3) is 0 Å². The van der Waals surface area contributed by atoms with Gasteiger partial charge in [-0.1, -0.05) is 196 Å². The minimum Gasteiger partial charge on any atom is -0.423 e. The first kappa shape index (κ1) is 44.4. The van der Waals surface area contributed by atoms with Crippen LogP contribution in [0.2, 0.25) is 0 Å². The van der Waals surface area contributed by atoms with Crippen LogP contribution < -0.4 is 5.46 Å². The smallest absolute Gasteiger partial charge is 0.423 e. The van der Waals surface area contributed by atoms with Crippen molar-refractivity contribution < 1.29 is 10.0 Å². The van der Waals surface area contributed by atoms with Crippen LogP contribution in [0.5, 0.6) is 0 Å². The van der Waals surface area contributed by atoms with Crippen molar-refractivity contribution in [1.82, 2.24) is 0 Å². The molecule has 0 amide bonds. The van der Waals surface area contributed by atoms with Gasteiger partial charge in [-0.25, -0.2) is 0 Å². The van der Waals surface area contributed by atoms with E-state index in [9.17, 15) is 0 Å². The van der Waals surface area contributed by atoms with Crippen LogP contribution >= 0.6 is 54.5 Å². The Morgan fingerprint density at radius 3 is 0.955 bits per heavy atom. The highest BCUT2D eigenvalue weighted by molar-refractivity contribution is 9.10. The summed E-state index contributed by atoms with van der Waals surface area (Å²) in [5.74, 6) is 0. The fourth-order valence-electron chi connectivity index (χ4n) is 8.39. The summed E-state index contributed by atoms with van der Waals surface area (Å²) < 4.78 is 7.60. The predicted molar refractivity (Wildman–Crippen MR) is 298 cm³/mol. The van der Waals surface area contributed by atoms with Gasteiger partial charge < -0.3 is 10.0 Å². The first-order chi connectivity index (χ1) is 32.8. The lowest BCUT2D eigenvalue weighted by atomic mass is 9.79. The Morgan fingerprint density at radius 1 is 0.269 bits per heavy atom. The summed E-state index contributed by atoms with van der Waals surface area (Å²) in [7, 11) is -1.41. The maximum Gasteiger partial charge on any atom is 0.488 e. The third-order valence-electron chi connectivity index (χ3n) is 11.8. The molecule has 0 saturated carbocycles. The lowest BCUT2D eigenvalue weighted by Gasteiger charge is -2.08. The molecule has 7 heteroatoms. The average Bonchev–Trinajstić information content (AvgIpc) is 3.94. The van der Waals surface area contributed by atoms with E-state index in [-0.39, 0.29) is 0 Å². The Morgan fingerprint density at radius 2 is 0.567 bits per heavy atom. The zero-order valence-corrected chi connectivity index (χ0v) is 40.9. The van der Waals surface area contributed by atoms with Gasteiger partial charge in [0.1, 0.15) is 0 Å². The Labute approximate surface area is 415 Å². The fourth-order valence-corrected chi connectivity index (χ4v) is 11.2. The Hall–Kier alpha value is -6.42. The molecule has 0 fully saturated rings. The van der Waals surface area contributed by atoms with Crippen molar-refractivity contribution in [2.24, 2.45) is 0 Å². The molecule has 0 aliphatic heterocycles. The molecule has 0 saturated heterocycles. The first-order valence-corrected chi connectivity index (χ1v) is 25.1. The van der Waals surface area contributed by atoms with Crippen LogP contribution in [0.1, 0.15) is 0 Å². The molecule has 0 spiro atoms. The number of rotatable bonds is 6. The monoisotopic (exact) mass is 1030 g/mol. The molecule has 2 aromatic heterocycles. The van der Waals surface area contributed by atoms with Gasteiger partial charge in [-0.3, -0.25) is 0 Å². The fraction of sp³-hybridized carbons (Fsp3) is 0. The zero-order chi connectivity index (χ0) is 45.7. The summed E-state index contributed by atoms with van der Waals surface area (Å²) in [6.45, 7) is 0. The molecule has 322 valence electrons. The molecule has 10 aromatic carbocycles. The van der Waals surface area contributed by atoms with E-state index in [4.69, 9.17) is 10.0 Å². The molecule has 12 aromatic rings. The summed E-state index contributed by atoms with van der Waals surface area (Å²) in [6, 6.07) is 82.6. The molecule has 0 atom stereocenters. The van der Waals surface area contributed by atoms with E-state index in [0.717, 1.165) is 20.1 Å². The molecular weight excluding hydrogens is 987 g/mol. The molecule has 0 radical (unpaired) electrons. The Balaban J connectivity index is 0.000000143. The molecule has 67 heavy (non-hydrogen) atoms. The van der Waals surface area contributed by atoms with E-state index in [2.05, 4.69) is 214 Å². The van der Waals surface area contributed by atoms with Crippen LogP contribution in [0.3, 0.4) is 0 Å². The van der Waals surface area contributed by atoms with E-state index in [1.165, 1.54) is 84.9 Å². The predicted octanol–water partition coefficient (Wildman–Crippen LogP) is 17.3. The van der Waals surface area contributed by atoms with Gasteiger partial charge in [-0.2, -0.15) is 0 Å². The minimum absolute atomic E-state index is 0.511. The lowest BCUT2D eigenvalue weighted by molar-refractivity contribution is 0.426. The summed E-state index contributed by atoms with van der Waals surface area (Å²) in [5, 5.41) is 23.4. The number of hydrogen-bond acceptors (Lipinski definition) is 4. The maximum atomic E-state index is 9.05. The second-order valence-electron chi connectivity index (χ2n) is 16.2. The van der Waals surface area contributed by atoms with E-state index >= 15 is 0 Å². The highest BCUT2D eigenvalue weighted by Gasteiger charge is 2.12. The van der Waals surface area contributed by atoms with Gasteiger partial charge >= 0.3 is 7.12 Å². The van der Waals surface area contributed by atoms with Crippen LogP contribution in [0, 0.1) is 0 Å². The third kappa shape index (κ3) is 10.1. The number of fused-ring (bicyclic) bond motifs is 6. The van der Waals surface area contributed by atoms with Gasteiger partial charge in [-0.05, 0) is 134 Å². The number of benzene rings is 10. The highest BCUT2D eigenvalue weighted by atomic mass is 79.9. The van der Waals surface area contributed by atoms with Gasteiger partial charge in [0.15, 0.2) is 0 Å². The van der Waals surface area contributed by atoms with Crippen LogP contribution in [-0.4, -0.2) is 17.2 Å². The summed E-state index contributed by atoms with van der Waals surface area (Å²) in [5.41, 5.74) is 12.5. The van der Waals surface area contributed by atoms with Crippen molar-refractivity contribution in [3.05, 3.63) is 246 Å². The normalized spacial score (nSPS) is 11.0. The van der Waals surface area contributed by atoms with E-state index in [1.54, 1.807) is 12.1 Å². The maximum absolute atomic E-state index is 9.05. The highest BCUT2D eigenvalue weighted by Crippen LogP contribution is 2.40. The molecule has 2 nitrogen and oxygen atoms in total. The summed E-state index contributed by atoms with van der Waals surface area (Å²) in [6.07, 6.45) is 0. The van der Waals surface area contributed by atoms with Gasteiger partial charge in [-0.15, -0.1) is 22.7 Å². The second-order valence-corrected chi connectivity index (χ2v) is 20.2. The minimum atomic E-state index is -1.41. The first-order valence-electron chi connectivity index (χ1n) is 21.9. The second kappa shape index (κ2) is 20.2. The van der Waals surface area contributed by atoms with Crippen LogP contribution in [0.4, 0.5) is 0 Å². The molecule has 12 rings (SSSR count).